The van der Waals surface area contributed by atoms with Crippen LogP contribution < -0.4 is 5.32 Å². The Kier molecular flexibility index (Phi) is 4.27. The second kappa shape index (κ2) is 5.92. The number of hydrogen-bond donors (Lipinski definition) is 2. The summed E-state index contributed by atoms with van der Waals surface area (Å²) >= 11 is 0. The maximum absolute atomic E-state index is 10.6. The van der Waals surface area contributed by atoms with Gasteiger partial charge in [0.15, 0.2) is 5.69 Å². The van der Waals surface area contributed by atoms with Gasteiger partial charge in [0, 0.05) is 19.2 Å². The average molecular weight is 254 g/mol. The Morgan fingerprint density at radius 3 is 3.22 bits per heavy atom. The Hall–Kier alpha value is -1.47. The monoisotopic (exact) mass is 254 g/mol. The first-order chi connectivity index (χ1) is 8.66. The van der Waals surface area contributed by atoms with Crippen LogP contribution in [0.25, 0.3) is 0 Å². The minimum absolute atomic E-state index is 0.0258. The number of carboxylic acid groups (broad SMARTS) is 1. The molecular formula is C11H18N4O3. The third-order valence-electron chi connectivity index (χ3n) is 3.09. The summed E-state index contributed by atoms with van der Waals surface area (Å²) in [7, 11) is 0. The molecule has 7 nitrogen and oxygen atoms in total. The summed E-state index contributed by atoms with van der Waals surface area (Å²) in [6, 6.07) is 0.301. The maximum Gasteiger partial charge on any atom is 0.358 e. The van der Waals surface area contributed by atoms with Crippen molar-refractivity contribution >= 4 is 5.97 Å². The molecule has 0 spiro atoms. The Balaban J connectivity index is 1.72. The van der Waals surface area contributed by atoms with Crippen LogP contribution in [0.3, 0.4) is 0 Å². The van der Waals surface area contributed by atoms with Gasteiger partial charge in [-0.15, -0.1) is 5.10 Å². The van der Waals surface area contributed by atoms with Crippen LogP contribution in [-0.4, -0.2) is 51.4 Å². The zero-order valence-corrected chi connectivity index (χ0v) is 10.4. The molecule has 1 aliphatic heterocycles. The highest BCUT2D eigenvalue weighted by molar-refractivity contribution is 5.84. The van der Waals surface area contributed by atoms with Crippen LogP contribution >= 0.6 is 0 Å². The zero-order valence-electron chi connectivity index (χ0n) is 10.4. The quantitative estimate of drug-likeness (QED) is 0.750. The summed E-state index contributed by atoms with van der Waals surface area (Å²) in [6.45, 7) is 4.25. The van der Waals surface area contributed by atoms with Gasteiger partial charge in [-0.1, -0.05) is 5.21 Å². The standard InChI is InChI=1S/C11H18N4O3/c1-8(10-3-2-6-18-10)12-4-5-15-7-9(11(16)17)13-14-15/h7-8,10,12H,2-6H2,1H3,(H,16,17). The highest BCUT2D eigenvalue weighted by Crippen LogP contribution is 2.15. The van der Waals surface area contributed by atoms with Crippen LogP contribution in [0.4, 0.5) is 0 Å². The molecule has 0 radical (unpaired) electrons. The molecule has 0 aliphatic carbocycles. The molecule has 1 aromatic rings. The van der Waals surface area contributed by atoms with E-state index in [4.69, 9.17) is 9.84 Å². The molecule has 18 heavy (non-hydrogen) atoms. The van der Waals surface area contributed by atoms with E-state index in [1.807, 2.05) is 0 Å². The molecule has 2 heterocycles. The minimum Gasteiger partial charge on any atom is -0.476 e. The van der Waals surface area contributed by atoms with E-state index in [0.29, 0.717) is 19.1 Å². The predicted octanol–water partition coefficient (Wildman–Crippen LogP) is 0.133. The van der Waals surface area contributed by atoms with E-state index in [1.165, 1.54) is 10.9 Å². The van der Waals surface area contributed by atoms with Gasteiger partial charge >= 0.3 is 5.97 Å². The lowest BCUT2D eigenvalue weighted by atomic mass is 10.1. The first kappa shape index (κ1) is 13.0. The van der Waals surface area contributed by atoms with Crippen molar-refractivity contribution in [3.63, 3.8) is 0 Å². The fourth-order valence-electron chi connectivity index (χ4n) is 2.04. The Morgan fingerprint density at radius 1 is 1.78 bits per heavy atom. The van der Waals surface area contributed by atoms with Crippen LogP contribution in [0, 0.1) is 0 Å². The topological polar surface area (TPSA) is 89.3 Å². The van der Waals surface area contributed by atoms with Crippen molar-refractivity contribution in [2.45, 2.75) is 38.5 Å². The van der Waals surface area contributed by atoms with Gasteiger partial charge in [0.25, 0.3) is 0 Å². The van der Waals surface area contributed by atoms with Crippen molar-refractivity contribution in [2.24, 2.45) is 0 Å². The molecule has 1 fully saturated rings. The molecule has 2 atom stereocenters. The van der Waals surface area contributed by atoms with Crippen LogP contribution in [0.1, 0.15) is 30.3 Å². The lowest BCUT2D eigenvalue weighted by molar-refractivity contribution is 0.0690. The number of nitrogens with zero attached hydrogens (tertiary/aromatic N) is 3. The van der Waals surface area contributed by atoms with Crippen molar-refractivity contribution < 1.29 is 14.6 Å². The lowest BCUT2D eigenvalue weighted by Crippen LogP contribution is -2.38. The van der Waals surface area contributed by atoms with Gasteiger partial charge < -0.3 is 15.2 Å². The molecule has 7 heteroatoms. The molecule has 1 aliphatic rings. The average Bonchev–Trinajstić information content (AvgIpc) is 3.00. The smallest absolute Gasteiger partial charge is 0.358 e. The van der Waals surface area contributed by atoms with Gasteiger partial charge in [0.05, 0.1) is 18.8 Å². The van der Waals surface area contributed by atoms with Gasteiger partial charge in [0.1, 0.15) is 0 Å². The van der Waals surface area contributed by atoms with Crippen LogP contribution in [0.2, 0.25) is 0 Å². The summed E-state index contributed by atoms with van der Waals surface area (Å²) < 4.78 is 7.10. The molecule has 100 valence electrons. The highest BCUT2D eigenvalue weighted by atomic mass is 16.5. The van der Waals surface area contributed by atoms with Crippen molar-refractivity contribution in [3.8, 4) is 0 Å². The van der Waals surface area contributed by atoms with E-state index in [2.05, 4.69) is 22.6 Å². The van der Waals surface area contributed by atoms with Crippen LogP contribution in [0.5, 0.6) is 0 Å². The van der Waals surface area contributed by atoms with E-state index in [1.54, 1.807) is 0 Å². The van der Waals surface area contributed by atoms with Crippen molar-refractivity contribution in [2.75, 3.05) is 13.2 Å². The second-order valence-electron chi connectivity index (χ2n) is 4.47. The van der Waals surface area contributed by atoms with Crippen molar-refractivity contribution in [1.82, 2.24) is 20.3 Å². The molecule has 0 saturated carbocycles. The van der Waals surface area contributed by atoms with Gasteiger partial charge in [0.2, 0.25) is 0 Å². The summed E-state index contributed by atoms with van der Waals surface area (Å²) in [5, 5.41) is 19.4. The van der Waals surface area contributed by atoms with E-state index in [9.17, 15) is 4.79 Å². The largest absolute Gasteiger partial charge is 0.476 e. The number of ether oxygens (including phenoxy) is 1. The summed E-state index contributed by atoms with van der Waals surface area (Å²) in [5.41, 5.74) is -0.0258. The number of hydrogen-bond acceptors (Lipinski definition) is 5. The maximum atomic E-state index is 10.6. The first-order valence-electron chi connectivity index (χ1n) is 6.15. The third-order valence-corrected chi connectivity index (χ3v) is 3.09. The molecule has 2 unspecified atom stereocenters. The summed E-state index contributed by atoms with van der Waals surface area (Å²) in [4.78, 5) is 10.6. The van der Waals surface area contributed by atoms with Gasteiger partial charge in [-0.2, -0.15) is 0 Å². The van der Waals surface area contributed by atoms with Gasteiger partial charge in [-0.3, -0.25) is 4.68 Å². The first-order valence-corrected chi connectivity index (χ1v) is 6.15. The molecule has 0 bridgehead atoms. The van der Waals surface area contributed by atoms with E-state index in [-0.39, 0.29) is 11.8 Å². The Morgan fingerprint density at radius 2 is 2.61 bits per heavy atom. The van der Waals surface area contributed by atoms with Gasteiger partial charge in [-0.25, -0.2) is 4.79 Å². The molecule has 1 saturated heterocycles. The number of aromatic carboxylic acids is 1. The SMILES string of the molecule is CC(NCCn1cc(C(=O)O)nn1)C1CCCO1. The Bertz CT molecular complexity index is 401. The van der Waals surface area contributed by atoms with E-state index in [0.717, 1.165) is 19.4 Å². The Labute approximate surface area is 105 Å². The van der Waals surface area contributed by atoms with E-state index >= 15 is 0 Å². The zero-order chi connectivity index (χ0) is 13.0. The molecule has 1 aromatic heterocycles. The van der Waals surface area contributed by atoms with Crippen molar-refractivity contribution in [1.29, 1.82) is 0 Å². The minimum atomic E-state index is -1.05. The lowest BCUT2D eigenvalue weighted by Gasteiger charge is -2.19. The molecule has 0 aromatic carbocycles. The number of nitrogens with one attached hydrogen (secondary N) is 1. The summed E-state index contributed by atoms with van der Waals surface area (Å²) in [5.74, 6) is -1.05. The highest BCUT2D eigenvalue weighted by Gasteiger charge is 2.21. The third kappa shape index (κ3) is 3.27. The second-order valence-corrected chi connectivity index (χ2v) is 4.47. The number of aromatic nitrogens is 3. The fraction of sp³-hybridized carbons (Fsp3) is 0.727. The summed E-state index contributed by atoms with van der Waals surface area (Å²) in [6.07, 6.45) is 3.94. The molecular weight excluding hydrogens is 236 g/mol. The number of carboxylic acids is 1. The normalized spacial score (nSPS) is 21.1. The number of rotatable bonds is 6. The molecule has 2 rings (SSSR count). The molecule has 0 amide bonds. The fourth-order valence-corrected chi connectivity index (χ4v) is 2.04. The van der Waals surface area contributed by atoms with Crippen LogP contribution in [-0.2, 0) is 11.3 Å². The predicted molar refractivity (Wildman–Crippen MR) is 63.4 cm³/mol. The molecule has 2 N–H and O–H groups in total. The van der Waals surface area contributed by atoms with Crippen LogP contribution in [0.15, 0.2) is 6.20 Å². The van der Waals surface area contributed by atoms with E-state index < -0.39 is 5.97 Å². The number of carbonyl (C=O) groups is 1. The van der Waals surface area contributed by atoms with Gasteiger partial charge in [-0.05, 0) is 19.8 Å². The van der Waals surface area contributed by atoms with Crippen molar-refractivity contribution in [3.05, 3.63) is 11.9 Å².